The number of unbranched alkanes of at least 4 members (excludes halogenated alkanes) is 2. The van der Waals surface area contributed by atoms with Gasteiger partial charge in [-0.15, -0.1) is 0 Å². The smallest absolute Gasteiger partial charge is 0.322 e. The molecule has 2 N–H and O–H groups in total. The topological polar surface area (TPSA) is 52.6 Å². The molecular formula is C14H30N2O2. The largest absolute Gasteiger partial charge is 0.480 e. The zero-order valence-corrected chi connectivity index (χ0v) is 12.4. The van der Waals surface area contributed by atoms with Gasteiger partial charge in [0.1, 0.15) is 6.04 Å². The molecule has 0 aromatic rings. The molecule has 0 amide bonds. The van der Waals surface area contributed by atoms with Gasteiger partial charge in [0, 0.05) is 12.6 Å². The molecule has 1 unspecified atom stereocenters. The number of carboxylic acid groups (broad SMARTS) is 1. The molecule has 0 aliphatic carbocycles. The summed E-state index contributed by atoms with van der Waals surface area (Å²) >= 11 is 0. The van der Waals surface area contributed by atoms with Gasteiger partial charge in [0.15, 0.2) is 0 Å². The molecule has 0 fully saturated rings. The molecule has 18 heavy (non-hydrogen) atoms. The van der Waals surface area contributed by atoms with Crippen molar-refractivity contribution in [2.45, 2.75) is 65.5 Å². The number of carbonyl (C=O) groups is 1. The van der Waals surface area contributed by atoms with E-state index >= 15 is 0 Å². The first-order valence-electron chi connectivity index (χ1n) is 7.22. The van der Waals surface area contributed by atoms with Crippen LogP contribution in [0.3, 0.4) is 0 Å². The summed E-state index contributed by atoms with van der Waals surface area (Å²) in [6.45, 7) is 10.9. The normalized spacial score (nSPS) is 13.2. The highest BCUT2D eigenvalue weighted by molar-refractivity contribution is 5.73. The lowest BCUT2D eigenvalue weighted by molar-refractivity contribution is -0.140. The second-order valence-electron chi connectivity index (χ2n) is 5.22. The number of hydrogen-bond acceptors (Lipinski definition) is 3. The predicted octanol–water partition coefficient (Wildman–Crippen LogP) is 2.34. The van der Waals surface area contributed by atoms with Gasteiger partial charge in [-0.25, -0.2) is 0 Å². The number of aliphatic carboxylic acids is 1. The quantitative estimate of drug-likeness (QED) is 0.597. The third-order valence-corrected chi connectivity index (χ3v) is 2.93. The zero-order valence-electron chi connectivity index (χ0n) is 12.4. The van der Waals surface area contributed by atoms with E-state index in [1.165, 1.54) is 0 Å². The molecule has 0 saturated heterocycles. The Hall–Kier alpha value is -0.610. The molecule has 4 heteroatoms. The summed E-state index contributed by atoms with van der Waals surface area (Å²) in [4.78, 5) is 13.5. The second-order valence-corrected chi connectivity index (χ2v) is 5.22. The van der Waals surface area contributed by atoms with E-state index in [0.29, 0.717) is 6.54 Å². The van der Waals surface area contributed by atoms with Gasteiger partial charge in [-0.2, -0.15) is 0 Å². The van der Waals surface area contributed by atoms with E-state index < -0.39 is 12.0 Å². The summed E-state index contributed by atoms with van der Waals surface area (Å²) in [5, 5.41) is 12.4. The Kier molecular flexibility index (Phi) is 9.98. The molecule has 0 bridgehead atoms. The minimum atomic E-state index is -0.748. The van der Waals surface area contributed by atoms with E-state index in [0.717, 1.165) is 38.8 Å². The lowest BCUT2D eigenvalue weighted by Crippen LogP contribution is -2.49. The Bertz CT molecular complexity index is 212. The number of hydrogen-bond donors (Lipinski definition) is 2. The fourth-order valence-electron chi connectivity index (χ4n) is 1.92. The average molecular weight is 258 g/mol. The lowest BCUT2D eigenvalue weighted by atomic mass is 10.2. The van der Waals surface area contributed by atoms with Crippen LogP contribution in [0, 0.1) is 0 Å². The average Bonchev–Trinajstić information content (AvgIpc) is 2.30. The summed E-state index contributed by atoms with van der Waals surface area (Å²) in [7, 11) is 0. The van der Waals surface area contributed by atoms with Crippen molar-refractivity contribution in [2.75, 3.05) is 19.6 Å². The van der Waals surface area contributed by atoms with Gasteiger partial charge in [0.25, 0.3) is 0 Å². The van der Waals surface area contributed by atoms with Gasteiger partial charge in [-0.1, -0.05) is 40.5 Å². The Morgan fingerprint density at radius 3 is 2.00 bits per heavy atom. The van der Waals surface area contributed by atoms with Gasteiger partial charge < -0.3 is 15.3 Å². The molecule has 0 aliphatic heterocycles. The van der Waals surface area contributed by atoms with Crippen LogP contribution in [0.15, 0.2) is 0 Å². The molecule has 0 aromatic heterocycles. The number of nitrogens with one attached hydrogen (secondary N) is 1. The van der Waals surface area contributed by atoms with Crippen molar-refractivity contribution in [2.24, 2.45) is 0 Å². The number of nitrogens with zero attached hydrogens (tertiary/aromatic N) is 1. The van der Waals surface area contributed by atoms with E-state index in [-0.39, 0.29) is 6.04 Å². The monoisotopic (exact) mass is 258 g/mol. The van der Waals surface area contributed by atoms with E-state index in [2.05, 4.69) is 24.1 Å². The van der Waals surface area contributed by atoms with Crippen LogP contribution in [0.5, 0.6) is 0 Å². The Morgan fingerprint density at radius 1 is 1.17 bits per heavy atom. The van der Waals surface area contributed by atoms with Crippen molar-refractivity contribution in [3.05, 3.63) is 0 Å². The maximum absolute atomic E-state index is 11.2. The standard InChI is InChI=1S/C14H30N2O2/c1-5-7-9-16(10-8-6-2)11-13(14(17)18)15-12(3)4/h12-13,15H,5-11H2,1-4H3,(H,17,18). The van der Waals surface area contributed by atoms with E-state index in [4.69, 9.17) is 0 Å². The Balaban J connectivity index is 4.32. The Labute approximate surface area is 112 Å². The second kappa shape index (κ2) is 10.3. The molecule has 0 aliphatic rings. The molecule has 1 atom stereocenters. The van der Waals surface area contributed by atoms with Crippen LogP contribution >= 0.6 is 0 Å². The molecule has 4 nitrogen and oxygen atoms in total. The highest BCUT2D eigenvalue weighted by atomic mass is 16.4. The molecule has 0 rings (SSSR count). The maximum Gasteiger partial charge on any atom is 0.322 e. The van der Waals surface area contributed by atoms with Crippen molar-refractivity contribution < 1.29 is 9.90 Å². The maximum atomic E-state index is 11.2. The number of carboxylic acids is 1. The van der Waals surface area contributed by atoms with Crippen LogP contribution < -0.4 is 5.32 Å². The SMILES string of the molecule is CCCCN(CCCC)CC(NC(C)C)C(=O)O. The van der Waals surface area contributed by atoms with E-state index in [9.17, 15) is 9.90 Å². The zero-order chi connectivity index (χ0) is 14.0. The highest BCUT2D eigenvalue weighted by Crippen LogP contribution is 2.02. The molecule has 108 valence electrons. The summed E-state index contributed by atoms with van der Waals surface area (Å²) in [5.41, 5.74) is 0. The molecular weight excluding hydrogens is 228 g/mol. The Morgan fingerprint density at radius 2 is 1.67 bits per heavy atom. The van der Waals surface area contributed by atoms with Gasteiger partial charge in [0.2, 0.25) is 0 Å². The minimum Gasteiger partial charge on any atom is -0.480 e. The van der Waals surface area contributed by atoms with Crippen LogP contribution in [0.1, 0.15) is 53.4 Å². The molecule has 0 saturated carbocycles. The first-order valence-corrected chi connectivity index (χ1v) is 7.22. The summed E-state index contributed by atoms with van der Waals surface area (Å²) in [5.74, 6) is -0.748. The van der Waals surface area contributed by atoms with Crippen molar-refractivity contribution in [3.8, 4) is 0 Å². The molecule has 0 spiro atoms. The van der Waals surface area contributed by atoms with Crippen molar-refractivity contribution in [1.82, 2.24) is 10.2 Å². The van der Waals surface area contributed by atoms with Crippen LogP contribution in [-0.4, -0.2) is 47.7 Å². The van der Waals surface area contributed by atoms with Gasteiger partial charge >= 0.3 is 5.97 Å². The predicted molar refractivity (Wildman–Crippen MR) is 76.0 cm³/mol. The first-order chi connectivity index (χ1) is 8.51. The number of rotatable bonds is 11. The van der Waals surface area contributed by atoms with Crippen LogP contribution in [0.2, 0.25) is 0 Å². The summed E-state index contributed by atoms with van der Waals surface area (Å²) < 4.78 is 0. The highest BCUT2D eigenvalue weighted by Gasteiger charge is 2.20. The van der Waals surface area contributed by atoms with E-state index in [1.807, 2.05) is 13.8 Å². The van der Waals surface area contributed by atoms with Crippen molar-refractivity contribution >= 4 is 5.97 Å². The van der Waals surface area contributed by atoms with Crippen LogP contribution in [0.4, 0.5) is 0 Å². The molecule has 0 heterocycles. The summed E-state index contributed by atoms with van der Waals surface area (Å²) in [6.07, 6.45) is 4.57. The van der Waals surface area contributed by atoms with Crippen molar-refractivity contribution in [3.63, 3.8) is 0 Å². The van der Waals surface area contributed by atoms with Crippen LogP contribution in [0.25, 0.3) is 0 Å². The van der Waals surface area contributed by atoms with Crippen LogP contribution in [-0.2, 0) is 4.79 Å². The van der Waals surface area contributed by atoms with Crippen molar-refractivity contribution in [1.29, 1.82) is 0 Å². The third-order valence-electron chi connectivity index (χ3n) is 2.93. The molecule has 0 aromatic carbocycles. The van der Waals surface area contributed by atoms with E-state index in [1.54, 1.807) is 0 Å². The minimum absolute atomic E-state index is 0.199. The van der Waals surface area contributed by atoms with Gasteiger partial charge in [0.05, 0.1) is 0 Å². The first kappa shape index (κ1) is 17.4. The third kappa shape index (κ3) is 8.48. The lowest BCUT2D eigenvalue weighted by Gasteiger charge is -2.27. The van der Waals surface area contributed by atoms with Gasteiger partial charge in [-0.05, 0) is 25.9 Å². The van der Waals surface area contributed by atoms with Gasteiger partial charge in [-0.3, -0.25) is 4.79 Å². The fraction of sp³-hybridized carbons (Fsp3) is 0.929. The fourth-order valence-corrected chi connectivity index (χ4v) is 1.92. The molecule has 0 radical (unpaired) electrons. The summed E-state index contributed by atoms with van der Waals surface area (Å²) in [6, 6.07) is -0.260.